The van der Waals surface area contributed by atoms with Gasteiger partial charge in [-0.2, -0.15) is 0 Å². The van der Waals surface area contributed by atoms with Crippen LogP contribution in [0.2, 0.25) is 0 Å². The van der Waals surface area contributed by atoms with Crippen LogP contribution in [0.15, 0.2) is 12.1 Å². The van der Waals surface area contributed by atoms with Crippen molar-refractivity contribution in [2.75, 3.05) is 20.2 Å². The van der Waals surface area contributed by atoms with Crippen molar-refractivity contribution in [1.82, 2.24) is 10.6 Å². The number of methoxy groups -OCH3 is 1. The molecule has 0 bridgehead atoms. The Bertz CT molecular complexity index is 925. The summed E-state index contributed by atoms with van der Waals surface area (Å²) in [4.78, 5) is 24.7. The van der Waals surface area contributed by atoms with Gasteiger partial charge in [-0.1, -0.05) is 106 Å². The van der Waals surface area contributed by atoms with Crippen molar-refractivity contribution in [3.05, 3.63) is 23.3 Å². The molecule has 0 aromatic heterocycles. The van der Waals surface area contributed by atoms with E-state index in [1.807, 2.05) is 12.1 Å². The van der Waals surface area contributed by atoms with Crippen molar-refractivity contribution < 1.29 is 19.4 Å². The number of hydrogen-bond acceptors (Lipinski definition) is 4. The second-order valence-electron chi connectivity index (χ2n) is 13.8. The highest BCUT2D eigenvalue weighted by atomic mass is 16.5. The van der Waals surface area contributed by atoms with E-state index in [1.54, 1.807) is 7.11 Å². The fourth-order valence-electron chi connectivity index (χ4n) is 5.90. The first kappa shape index (κ1) is 38.8. The van der Waals surface area contributed by atoms with Gasteiger partial charge in [0.05, 0.1) is 7.11 Å². The monoisotopic (exact) mass is 603 g/mol. The minimum atomic E-state index is -0.312. The van der Waals surface area contributed by atoms with E-state index in [1.165, 1.54) is 64.2 Å². The molecule has 43 heavy (non-hydrogen) atoms. The first-order valence-electron chi connectivity index (χ1n) is 17.4. The van der Waals surface area contributed by atoms with Crippen LogP contribution in [-0.4, -0.2) is 37.1 Å². The van der Waals surface area contributed by atoms with E-state index in [0.717, 1.165) is 68.5 Å². The average Bonchev–Trinajstić information content (AvgIpc) is 2.95. The topological polar surface area (TPSA) is 87.7 Å². The molecule has 0 saturated carbocycles. The van der Waals surface area contributed by atoms with Gasteiger partial charge in [-0.3, -0.25) is 9.59 Å². The number of nitrogens with one attached hydrogen (secondary N) is 2. The van der Waals surface area contributed by atoms with Gasteiger partial charge in [-0.05, 0) is 61.5 Å². The van der Waals surface area contributed by atoms with Gasteiger partial charge in [-0.25, -0.2) is 0 Å². The molecular formula is C37H66N2O4. The zero-order valence-corrected chi connectivity index (χ0v) is 29.0. The van der Waals surface area contributed by atoms with E-state index in [9.17, 15) is 14.7 Å². The molecule has 1 aromatic rings. The fourth-order valence-corrected chi connectivity index (χ4v) is 5.90. The zero-order valence-electron chi connectivity index (χ0n) is 29.0. The van der Waals surface area contributed by atoms with Crippen molar-refractivity contribution in [2.24, 2.45) is 0 Å². The van der Waals surface area contributed by atoms with Gasteiger partial charge in [0.25, 0.3) is 0 Å². The normalized spacial score (nSPS) is 11.9. The molecule has 0 aliphatic rings. The summed E-state index contributed by atoms with van der Waals surface area (Å²) in [5.74, 6) is 1.25. The third-order valence-electron chi connectivity index (χ3n) is 8.89. The summed E-state index contributed by atoms with van der Waals surface area (Å²) in [6, 6.07) is 3.82. The van der Waals surface area contributed by atoms with Crippen molar-refractivity contribution in [3.63, 3.8) is 0 Å². The number of carbonyl (C=O) groups excluding carboxylic acids is 2. The summed E-state index contributed by atoms with van der Waals surface area (Å²) < 4.78 is 5.82. The lowest BCUT2D eigenvalue weighted by Crippen LogP contribution is -2.26. The Morgan fingerprint density at radius 1 is 0.651 bits per heavy atom. The molecule has 0 saturated heterocycles. The van der Waals surface area contributed by atoms with E-state index in [0.29, 0.717) is 12.8 Å². The van der Waals surface area contributed by atoms with Crippen molar-refractivity contribution in [2.45, 2.75) is 168 Å². The second-order valence-corrected chi connectivity index (χ2v) is 13.8. The summed E-state index contributed by atoms with van der Waals surface area (Å²) in [5.41, 5.74) is 1.21. The summed E-state index contributed by atoms with van der Waals surface area (Å²) in [5, 5.41) is 17.3. The molecule has 6 nitrogen and oxygen atoms in total. The fraction of sp³-hybridized carbons (Fsp3) is 0.784. The highest BCUT2D eigenvalue weighted by Gasteiger charge is 2.30. The van der Waals surface area contributed by atoms with E-state index < -0.39 is 0 Å². The molecule has 0 aliphatic carbocycles. The van der Waals surface area contributed by atoms with E-state index in [-0.39, 0.29) is 28.4 Å². The molecule has 0 heterocycles. The standard InChI is InChI=1S/C37H66N2O4/c1-8-10-12-14-16-18-26-38-34(41)22-20-24-36(3,4)30-29-33(43-7)31(28-32(30)40)37(5,6)25-21-23-35(42)39-27-19-17-15-13-11-9-2/h28-29,40H,8-27H2,1-7H3,(H,38,41)(H,39,42). The van der Waals surface area contributed by atoms with E-state index in [4.69, 9.17) is 4.74 Å². The maximum atomic E-state index is 12.4. The number of aromatic hydroxyl groups is 1. The van der Waals surface area contributed by atoms with Crippen LogP contribution >= 0.6 is 0 Å². The smallest absolute Gasteiger partial charge is 0.219 e. The average molecular weight is 603 g/mol. The number of hydrogen-bond donors (Lipinski definition) is 3. The Hall–Kier alpha value is -2.24. The molecular weight excluding hydrogens is 536 g/mol. The molecule has 0 fully saturated rings. The lowest BCUT2D eigenvalue weighted by Gasteiger charge is -2.31. The summed E-state index contributed by atoms with van der Waals surface area (Å²) in [7, 11) is 1.67. The number of phenolic OH excluding ortho intramolecular Hbond substituents is 1. The summed E-state index contributed by atoms with van der Waals surface area (Å²) in [6.07, 6.45) is 18.7. The van der Waals surface area contributed by atoms with Crippen molar-refractivity contribution in [3.8, 4) is 11.5 Å². The highest BCUT2D eigenvalue weighted by Crippen LogP contribution is 2.44. The maximum absolute atomic E-state index is 12.4. The Kier molecular flexibility index (Phi) is 19.4. The Morgan fingerprint density at radius 3 is 1.51 bits per heavy atom. The lowest BCUT2D eigenvalue weighted by molar-refractivity contribution is -0.122. The molecule has 0 spiro atoms. The summed E-state index contributed by atoms with van der Waals surface area (Å²) in [6.45, 7) is 14.5. The number of unbranched alkanes of at least 4 members (excludes halogenated alkanes) is 10. The number of phenols is 1. The zero-order chi connectivity index (χ0) is 32.1. The molecule has 0 atom stereocenters. The van der Waals surface area contributed by atoms with Crippen LogP contribution in [0.4, 0.5) is 0 Å². The minimum Gasteiger partial charge on any atom is -0.508 e. The molecule has 1 aromatic carbocycles. The van der Waals surface area contributed by atoms with Gasteiger partial charge in [0.1, 0.15) is 11.5 Å². The highest BCUT2D eigenvalue weighted by molar-refractivity contribution is 5.76. The predicted octanol–water partition coefficient (Wildman–Crippen LogP) is 9.25. The largest absolute Gasteiger partial charge is 0.508 e. The third-order valence-corrected chi connectivity index (χ3v) is 8.89. The van der Waals surface area contributed by atoms with E-state index in [2.05, 4.69) is 52.2 Å². The van der Waals surface area contributed by atoms with Gasteiger partial charge < -0.3 is 20.5 Å². The van der Waals surface area contributed by atoms with Crippen LogP contribution in [0.25, 0.3) is 0 Å². The van der Waals surface area contributed by atoms with Crippen LogP contribution in [-0.2, 0) is 20.4 Å². The lowest BCUT2D eigenvalue weighted by atomic mass is 9.75. The van der Waals surface area contributed by atoms with Gasteiger partial charge in [0.2, 0.25) is 11.8 Å². The molecule has 1 rings (SSSR count). The SMILES string of the molecule is CCCCCCCCNC(=O)CCCC(C)(C)c1cc(OC)c(C(C)(C)CCCC(=O)NCCCCCCCC)cc1O. The van der Waals surface area contributed by atoms with Crippen LogP contribution in [0, 0.1) is 0 Å². The first-order chi connectivity index (χ1) is 20.5. The van der Waals surface area contributed by atoms with Crippen LogP contribution in [0.5, 0.6) is 11.5 Å². The van der Waals surface area contributed by atoms with Crippen LogP contribution in [0.3, 0.4) is 0 Å². The Labute approximate surface area is 264 Å². The summed E-state index contributed by atoms with van der Waals surface area (Å²) >= 11 is 0. The number of amides is 2. The predicted molar refractivity (Wildman–Crippen MR) is 181 cm³/mol. The van der Waals surface area contributed by atoms with Crippen molar-refractivity contribution in [1.29, 1.82) is 0 Å². The molecule has 248 valence electrons. The van der Waals surface area contributed by atoms with E-state index >= 15 is 0 Å². The molecule has 3 N–H and O–H groups in total. The van der Waals surface area contributed by atoms with Gasteiger partial charge in [0.15, 0.2) is 0 Å². The number of benzene rings is 1. The molecule has 0 aliphatic heterocycles. The quantitative estimate of drug-likeness (QED) is 0.0974. The number of ether oxygens (including phenoxy) is 1. The Balaban J connectivity index is 2.58. The van der Waals surface area contributed by atoms with Gasteiger partial charge in [-0.15, -0.1) is 0 Å². The molecule has 0 unspecified atom stereocenters. The number of rotatable bonds is 25. The third kappa shape index (κ3) is 15.9. The second kappa shape index (κ2) is 21.5. The first-order valence-corrected chi connectivity index (χ1v) is 17.4. The maximum Gasteiger partial charge on any atom is 0.219 e. The molecule has 0 radical (unpaired) electrons. The van der Waals surface area contributed by atoms with Crippen molar-refractivity contribution >= 4 is 11.8 Å². The molecule has 2 amide bonds. The van der Waals surface area contributed by atoms with Crippen LogP contribution in [0.1, 0.15) is 168 Å². The molecule has 6 heteroatoms. The van der Waals surface area contributed by atoms with Crippen LogP contribution < -0.4 is 15.4 Å². The minimum absolute atomic E-state index is 0.111. The van der Waals surface area contributed by atoms with Gasteiger partial charge >= 0.3 is 0 Å². The Morgan fingerprint density at radius 2 is 1.07 bits per heavy atom. The van der Waals surface area contributed by atoms with Gasteiger partial charge in [0, 0.05) is 37.1 Å². The number of carbonyl (C=O) groups is 2.